The van der Waals surface area contributed by atoms with Gasteiger partial charge in [-0.1, -0.05) is 11.6 Å². The monoisotopic (exact) mass is 195 g/mol. The highest BCUT2D eigenvalue weighted by Crippen LogP contribution is 2.22. The lowest BCUT2D eigenvalue weighted by molar-refractivity contribution is 1.22. The minimum Gasteiger partial charge on any atom is -0.382 e. The van der Waals surface area contributed by atoms with Gasteiger partial charge in [0.2, 0.25) is 5.95 Å². The summed E-state index contributed by atoms with van der Waals surface area (Å²) >= 11 is 5.86. The minimum atomic E-state index is 0.0971. The summed E-state index contributed by atoms with van der Waals surface area (Å²) in [5.41, 5.74) is 11.9. The molecule has 2 heterocycles. The standard InChI is InChI=1S/C7H6ClN5/c8-3-1-2-11-5-4(3)12-7(10)13-6(5)9/h1-2H,(H4,9,10,12,13). The van der Waals surface area contributed by atoms with E-state index in [-0.39, 0.29) is 11.8 Å². The van der Waals surface area contributed by atoms with Crippen molar-refractivity contribution in [1.82, 2.24) is 15.0 Å². The second-order valence-corrected chi connectivity index (χ2v) is 2.86. The normalized spacial score (nSPS) is 10.5. The van der Waals surface area contributed by atoms with Crippen LogP contribution in [0.5, 0.6) is 0 Å². The third-order valence-electron chi connectivity index (χ3n) is 1.58. The van der Waals surface area contributed by atoms with E-state index in [2.05, 4.69) is 15.0 Å². The Balaban J connectivity index is 2.94. The number of rotatable bonds is 0. The van der Waals surface area contributed by atoms with E-state index in [4.69, 9.17) is 23.1 Å². The molecule has 6 heteroatoms. The first-order valence-electron chi connectivity index (χ1n) is 3.51. The summed E-state index contributed by atoms with van der Waals surface area (Å²) in [6.45, 7) is 0. The number of aromatic nitrogens is 3. The van der Waals surface area contributed by atoms with Gasteiger partial charge in [0.25, 0.3) is 0 Å². The Labute approximate surface area is 78.8 Å². The van der Waals surface area contributed by atoms with E-state index in [1.807, 2.05) is 0 Å². The van der Waals surface area contributed by atoms with Crippen LogP contribution >= 0.6 is 11.6 Å². The zero-order valence-corrected chi connectivity index (χ0v) is 7.28. The van der Waals surface area contributed by atoms with Crippen LogP contribution in [0.3, 0.4) is 0 Å². The fraction of sp³-hybridized carbons (Fsp3) is 0. The van der Waals surface area contributed by atoms with Gasteiger partial charge in [0.05, 0.1) is 5.02 Å². The molecule has 0 aliphatic carbocycles. The molecule has 0 saturated carbocycles. The van der Waals surface area contributed by atoms with Crippen molar-refractivity contribution in [3.63, 3.8) is 0 Å². The van der Waals surface area contributed by atoms with Crippen LogP contribution in [0.25, 0.3) is 11.0 Å². The molecule has 2 rings (SSSR count). The summed E-state index contributed by atoms with van der Waals surface area (Å²) in [4.78, 5) is 11.7. The van der Waals surface area contributed by atoms with E-state index >= 15 is 0 Å². The second-order valence-electron chi connectivity index (χ2n) is 2.46. The number of halogens is 1. The van der Waals surface area contributed by atoms with Crippen LogP contribution in [-0.4, -0.2) is 15.0 Å². The third-order valence-corrected chi connectivity index (χ3v) is 1.88. The molecule has 0 aromatic carbocycles. The van der Waals surface area contributed by atoms with Crippen molar-refractivity contribution in [2.75, 3.05) is 11.5 Å². The van der Waals surface area contributed by atoms with Crippen molar-refractivity contribution in [2.45, 2.75) is 0 Å². The van der Waals surface area contributed by atoms with E-state index in [1.165, 1.54) is 0 Å². The molecule has 66 valence electrons. The first kappa shape index (κ1) is 8.00. The predicted molar refractivity (Wildman–Crippen MR) is 51.2 cm³/mol. The van der Waals surface area contributed by atoms with Gasteiger partial charge in [-0.05, 0) is 6.07 Å². The largest absolute Gasteiger partial charge is 0.382 e. The number of hydrogen-bond acceptors (Lipinski definition) is 5. The highest BCUT2D eigenvalue weighted by molar-refractivity contribution is 6.35. The van der Waals surface area contributed by atoms with Crippen molar-refractivity contribution in [2.24, 2.45) is 0 Å². The number of anilines is 2. The zero-order chi connectivity index (χ0) is 9.42. The first-order chi connectivity index (χ1) is 6.18. The molecule has 0 unspecified atom stereocenters. The van der Waals surface area contributed by atoms with Crippen LogP contribution in [0.4, 0.5) is 11.8 Å². The molecular formula is C7H6ClN5. The van der Waals surface area contributed by atoms with Crippen molar-refractivity contribution >= 4 is 34.4 Å². The van der Waals surface area contributed by atoms with Crippen LogP contribution in [0.1, 0.15) is 0 Å². The van der Waals surface area contributed by atoms with Crippen molar-refractivity contribution in [3.05, 3.63) is 17.3 Å². The smallest absolute Gasteiger partial charge is 0.222 e. The molecule has 0 aliphatic heterocycles. The molecular weight excluding hydrogens is 190 g/mol. The maximum Gasteiger partial charge on any atom is 0.222 e. The second kappa shape index (κ2) is 2.70. The summed E-state index contributed by atoms with van der Waals surface area (Å²) in [7, 11) is 0. The summed E-state index contributed by atoms with van der Waals surface area (Å²) in [5.74, 6) is 0.338. The number of nitrogens with zero attached hydrogens (tertiary/aromatic N) is 3. The maximum atomic E-state index is 5.86. The van der Waals surface area contributed by atoms with Crippen molar-refractivity contribution in [3.8, 4) is 0 Å². The Hall–Kier alpha value is -1.62. The minimum absolute atomic E-state index is 0.0971. The van der Waals surface area contributed by atoms with Crippen LogP contribution in [0.2, 0.25) is 5.02 Å². The molecule has 0 fully saturated rings. The highest BCUT2D eigenvalue weighted by atomic mass is 35.5. The Morgan fingerprint density at radius 3 is 2.69 bits per heavy atom. The summed E-state index contributed by atoms with van der Waals surface area (Å²) in [6, 6.07) is 1.62. The van der Waals surface area contributed by atoms with Gasteiger partial charge in [-0.2, -0.15) is 4.98 Å². The molecule has 2 aromatic rings. The highest BCUT2D eigenvalue weighted by Gasteiger charge is 2.06. The van der Waals surface area contributed by atoms with Gasteiger partial charge in [-0.25, -0.2) is 4.98 Å². The predicted octanol–water partition coefficient (Wildman–Crippen LogP) is 0.843. The van der Waals surface area contributed by atoms with E-state index in [1.54, 1.807) is 12.3 Å². The topological polar surface area (TPSA) is 90.7 Å². The molecule has 0 atom stereocenters. The molecule has 0 saturated heterocycles. The number of hydrogen-bond donors (Lipinski definition) is 2. The summed E-state index contributed by atoms with van der Waals surface area (Å²) in [5, 5.41) is 0.464. The van der Waals surface area contributed by atoms with Gasteiger partial charge in [-0.3, -0.25) is 4.98 Å². The Bertz CT molecular complexity index is 470. The number of pyridine rings is 1. The molecule has 13 heavy (non-hydrogen) atoms. The van der Waals surface area contributed by atoms with Crippen LogP contribution in [0, 0.1) is 0 Å². The Morgan fingerprint density at radius 1 is 1.15 bits per heavy atom. The molecule has 0 radical (unpaired) electrons. The molecule has 2 aromatic heterocycles. The van der Waals surface area contributed by atoms with E-state index in [9.17, 15) is 0 Å². The number of nitrogen functional groups attached to an aromatic ring is 2. The quantitative estimate of drug-likeness (QED) is 0.650. The van der Waals surface area contributed by atoms with E-state index in [0.717, 1.165) is 0 Å². The fourth-order valence-electron chi connectivity index (χ4n) is 1.04. The lowest BCUT2D eigenvalue weighted by atomic mass is 10.3. The average Bonchev–Trinajstić information content (AvgIpc) is 2.07. The lowest BCUT2D eigenvalue weighted by Gasteiger charge is -2.01. The third kappa shape index (κ3) is 1.23. The molecule has 0 spiro atoms. The molecule has 0 bridgehead atoms. The van der Waals surface area contributed by atoms with Gasteiger partial charge in [-0.15, -0.1) is 0 Å². The first-order valence-corrected chi connectivity index (χ1v) is 3.89. The van der Waals surface area contributed by atoms with E-state index < -0.39 is 0 Å². The fourth-order valence-corrected chi connectivity index (χ4v) is 1.23. The SMILES string of the molecule is Nc1nc(N)c2nccc(Cl)c2n1. The summed E-state index contributed by atoms with van der Waals surface area (Å²) < 4.78 is 0. The van der Waals surface area contributed by atoms with E-state index in [0.29, 0.717) is 16.1 Å². The van der Waals surface area contributed by atoms with Gasteiger partial charge in [0.1, 0.15) is 11.0 Å². The molecule has 5 nitrogen and oxygen atoms in total. The van der Waals surface area contributed by atoms with Gasteiger partial charge in [0.15, 0.2) is 5.82 Å². The van der Waals surface area contributed by atoms with Crippen LogP contribution in [0.15, 0.2) is 12.3 Å². The molecule has 0 aliphatic rings. The van der Waals surface area contributed by atoms with Gasteiger partial charge >= 0.3 is 0 Å². The van der Waals surface area contributed by atoms with Crippen molar-refractivity contribution < 1.29 is 0 Å². The van der Waals surface area contributed by atoms with Crippen LogP contribution in [-0.2, 0) is 0 Å². The van der Waals surface area contributed by atoms with Gasteiger partial charge < -0.3 is 11.5 Å². The average molecular weight is 196 g/mol. The zero-order valence-electron chi connectivity index (χ0n) is 6.53. The molecule has 0 amide bonds. The number of fused-ring (bicyclic) bond motifs is 1. The maximum absolute atomic E-state index is 5.86. The Kier molecular flexibility index (Phi) is 1.66. The lowest BCUT2D eigenvalue weighted by Crippen LogP contribution is -2.01. The molecule has 4 N–H and O–H groups in total. The number of nitrogens with two attached hydrogens (primary N) is 2. The van der Waals surface area contributed by atoms with Crippen LogP contribution < -0.4 is 11.5 Å². The summed E-state index contributed by atoms with van der Waals surface area (Å²) in [6.07, 6.45) is 1.54. The Morgan fingerprint density at radius 2 is 1.92 bits per heavy atom. The van der Waals surface area contributed by atoms with Crippen molar-refractivity contribution in [1.29, 1.82) is 0 Å². The van der Waals surface area contributed by atoms with Gasteiger partial charge in [0, 0.05) is 6.20 Å².